The van der Waals surface area contributed by atoms with Crippen molar-refractivity contribution in [1.29, 1.82) is 0 Å². The van der Waals surface area contributed by atoms with E-state index in [2.05, 4.69) is 38.7 Å². The van der Waals surface area contributed by atoms with Crippen molar-refractivity contribution >= 4 is 29.9 Å². The second kappa shape index (κ2) is 12.3. The minimum atomic E-state index is -4.32. The van der Waals surface area contributed by atoms with Gasteiger partial charge >= 0.3 is 6.18 Å². The van der Waals surface area contributed by atoms with Crippen LogP contribution in [0.5, 0.6) is 0 Å². The molecule has 31 heavy (non-hydrogen) atoms. The van der Waals surface area contributed by atoms with Crippen LogP contribution in [-0.4, -0.2) is 44.2 Å². The van der Waals surface area contributed by atoms with Crippen molar-refractivity contribution in [2.24, 2.45) is 4.99 Å². The van der Waals surface area contributed by atoms with Gasteiger partial charge in [0, 0.05) is 39.8 Å². The van der Waals surface area contributed by atoms with E-state index in [-0.39, 0.29) is 24.0 Å². The number of halogens is 4. The van der Waals surface area contributed by atoms with Gasteiger partial charge in [-0.3, -0.25) is 9.89 Å². The number of nitrogens with one attached hydrogen (secondary N) is 2. The molecule has 0 amide bonds. The molecular formula is C22H28F3IN4O. The molecule has 170 valence electrons. The molecular weight excluding hydrogens is 520 g/mol. The maximum Gasteiger partial charge on any atom is 0.416 e. The molecule has 3 rings (SSSR count). The molecule has 0 aliphatic carbocycles. The summed E-state index contributed by atoms with van der Waals surface area (Å²) in [5.41, 5.74) is 2.49. The van der Waals surface area contributed by atoms with Crippen LogP contribution >= 0.6 is 24.0 Å². The highest BCUT2D eigenvalue weighted by Crippen LogP contribution is 2.29. The van der Waals surface area contributed by atoms with Gasteiger partial charge in [-0.1, -0.05) is 36.4 Å². The molecule has 0 spiro atoms. The van der Waals surface area contributed by atoms with E-state index >= 15 is 0 Å². The molecule has 0 saturated carbocycles. The highest BCUT2D eigenvalue weighted by atomic mass is 127. The summed E-state index contributed by atoms with van der Waals surface area (Å²) < 4.78 is 43.4. The fraction of sp³-hybridized carbons (Fsp3) is 0.409. The predicted molar refractivity (Wildman–Crippen MR) is 126 cm³/mol. The summed E-state index contributed by atoms with van der Waals surface area (Å²) in [6, 6.07) is 13.5. The zero-order chi connectivity index (χ0) is 21.4. The summed E-state index contributed by atoms with van der Waals surface area (Å²) in [6.45, 7) is 5.34. The number of hydrogen-bond acceptors (Lipinski definition) is 3. The number of alkyl halides is 3. The molecule has 9 heteroatoms. The number of nitrogens with zero attached hydrogens (tertiary/aromatic N) is 2. The first-order valence-electron chi connectivity index (χ1n) is 9.92. The molecule has 1 aliphatic rings. The zero-order valence-electron chi connectivity index (χ0n) is 17.4. The minimum Gasteiger partial charge on any atom is -0.379 e. The van der Waals surface area contributed by atoms with Crippen molar-refractivity contribution in [3.8, 4) is 0 Å². The monoisotopic (exact) mass is 548 g/mol. The Kier molecular flexibility index (Phi) is 10.0. The number of hydrogen-bond donors (Lipinski definition) is 2. The van der Waals surface area contributed by atoms with Crippen molar-refractivity contribution in [2.45, 2.75) is 25.8 Å². The van der Waals surface area contributed by atoms with E-state index in [1.807, 2.05) is 6.07 Å². The van der Waals surface area contributed by atoms with Gasteiger partial charge in [0.1, 0.15) is 0 Å². The SMILES string of the molecule is CN=C(NCc1ccc(C(F)(F)F)cc1)NCc1cccc(CN2CCOCC2)c1.I. The molecule has 1 heterocycles. The second-order valence-electron chi connectivity index (χ2n) is 7.18. The lowest BCUT2D eigenvalue weighted by molar-refractivity contribution is -0.137. The molecule has 0 aromatic heterocycles. The van der Waals surface area contributed by atoms with Crippen LogP contribution in [0.15, 0.2) is 53.5 Å². The molecule has 0 atom stereocenters. The van der Waals surface area contributed by atoms with Crippen LogP contribution in [0.2, 0.25) is 0 Å². The summed E-state index contributed by atoms with van der Waals surface area (Å²) in [5.74, 6) is 0.591. The lowest BCUT2D eigenvalue weighted by Crippen LogP contribution is -2.36. The molecule has 2 aromatic rings. The van der Waals surface area contributed by atoms with Crippen molar-refractivity contribution in [3.05, 3.63) is 70.8 Å². The number of rotatable bonds is 6. The molecule has 1 fully saturated rings. The maximum absolute atomic E-state index is 12.7. The van der Waals surface area contributed by atoms with Gasteiger partial charge in [0.25, 0.3) is 0 Å². The number of aliphatic imine (C=N–C) groups is 1. The van der Waals surface area contributed by atoms with Gasteiger partial charge in [0.2, 0.25) is 0 Å². The van der Waals surface area contributed by atoms with Gasteiger partial charge < -0.3 is 15.4 Å². The molecule has 5 nitrogen and oxygen atoms in total. The average Bonchev–Trinajstić information content (AvgIpc) is 2.74. The largest absolute Gasteiger partial charge is 0.416 e. The Balaban J connectivity index is 0.00000341. The van der Waals surface area contributed by atoms with Crippen LogP contribution < -0.4 is 10.6 Å². The fourth-order valence-electron chi connectivity index (χ4n) is 3.26. The van der Waals surface area contributed by atoms with E-state index in [0.717, 1.165) is 56.1 Å². The van der Waals surface area contributed by atoms with Crippen molar-refractivity contribution in [1.82, 2.24) is 15.5 Å². The molecule has 0 unspecified atom stereocenters. The predicted octanol–water partition coefficient (Wildman–Crippen LogP) is 4.02. The Morgan fingerprint density at radius 1 is 0.968 bits per heavy atom. The smallest absolute Gasteiger partial charge is 0.379 e. The third-order valence-electron chi connectivity index (χ3n) is 4.93. The third kappa shape index (κ3) is 8.30. The van der Waals surface area contributed by atoms with E-state index in [1.54, 1.807) is 7.05 Å². The highest BCUT2D eigenvalue weighted by molar-refractivity contribution is 14.0. The Labute approximate surface area is 198 Å². The Morgan fingerprint density at radius 3 is 2.19 bits per heavy atom. The van der Waals surface area contributed by atoms with Crippen LogP contribution in [-0.2, 0) is 30.5 Å². The molecule has 1 saturated heterocycles. The maximum atomic E-state index is 12.7. The molecule has 0 radical (unpaired) electrons. The highest BCUT2D eigenvalue weighted by Gasteiger charge is 2.29. The summed E-state index contributed by atoms with van der Waals surface area (Å²) in [7, 11) is 1.66. The number of morpholine rings is 1. The third-order valence-corrected chi connectivity index (χ3v) is 4.93. The Morgan fingerprint density at radius 2 is 1.58 bits per heavy atom. The normalized spacial score (nSPS) is 15.3. The average molecular weight is 548 g/mol. The number of ether oxygens (including phenoxy) is 1. The number of benzene rings is 2. The quantitative estimate of drug-likeness (QED) is 0.326. The van der Waals surface area contributed by atoms with E-state index < -0.39 is 11.7 Å². The van der Waals surface area contributed by atoms with E-state index in [9.17, 15) is 13.2 Å². The van der Waals surface area contributed by atoms with Crippen LogP contribution in [0, 0.1) is 0 Å². The second-order valence-corrected chi connectivity index (χ2v) is 7.18. The van der Waals surface area contributed by atoms with E-state index in [1.165, 1.54) is 17.7 Å². The summed E-state index contributed by atoms with van der Waals surface area (Å²) >= 11 is 0. The van der Waals surface area contributed by atoms with Gasteiger partial charge in [-0.2, -0.15) is 13.2 Å². The van der Waals surface area contributed by atoms with Crippen LogP contribution in [0.1, 0.15) is 22.3 Å². The topological polar surface area (TPSA) is 48.9 Å². The lowest BCUT2D eigenvalue weighted by atomic mass is 10.1. The number of guanidine groups is 1. The van der Waals surface area contributed by atoms with Gasteiger partial charge in [0.15, 0.2) is 5.96 Å². The van der Waals surface area contributed by atoms with Crippen LogP contribution in [0.3, 0.4) is 0 Å². The Hall–Kier alpha value is -1.85. The van der Waals surface area contributed by atoms with Gasteiger partial charge in [0.05, 0.1) is 18.8 Å². The van der Waals surface area contributed by atoms with Crippen molar-refractivity contribution < 1.29 is 17.9 Å². The summed E-state index contributed by atoms with van der Waals surface area (Å²) in [4.78, 5) is 6.56. The first-order chi connectivity index (χ1) is 14.4. The van der Waals surface area contributed by atoms with Crippen molar-refractivity contribution in [2.75, 3.05) is 33.4 Å². The van der Waals surface area contributed by atoms with Crippen molar-refractivity contribution in [3.63, 3.8) is 0 Å². The van der Waals surface area contributed by atoms with Gasteiger partial charge in [-0.05, 0) is 28.8 Å². The fourth-order valence-corrected chi connectivity index (χ4v) is 3.26. The first-order valence-corrected chi connectivity index (χ1v) is 9.92. The lowest BCUT2D eigenvalue weighted by Gasteiger charge is -2.26. The first kappa shape index (κ1) is 25.4. The Bertz CT molecular complexity index is 837. The van der Waals surface area contributed by atoms with Gasteiger partial charge in [-0.15, -0.1) is 24.0 Å². The molecule has 1 aliphatic heterocycles. The minimum absolute atomic E-state index is 0. The van der Waals surface area contributed by atoms with Crippen LogP contribution in [0.4, 0.5) is 13.2 Å². The molecule has 0 bridgehead atoms. The molecule has 2 aromatic carbocycles. The summed E-state index contributed by atoms with van der Waals surface area (Å²) in [5, 5.41) is 6.38. The van der Waals surface area contributed by atoms with E-state index in [4.69, 9.17) is 4.74 Å². The van der Waals surface area contributed by atoms with E-state index in [0.29, 0.717) is 19.0 Å². The standard InChI is InChI=1S/C22H27F3N4O.HI/c1-26-21(27-14-17-5-7-20(8-6-17)22(23,24)25)28-15-18-3-2-4-19(13-18)16-29-9-11-30-12-10-29;/h2-8,13H,9-12,14-16H2,1H3,(H2,26,27,28);1H. The molecule has 2 N–H and O–H groups in total. The zero-order valence-corrected chi connectivity index (χ0v) is 19.7. The summed E-state index contributed by atoms with van der Waals surface area (Å²) in [6.07, 6.45) is -4.32. The van der Waals surface area contributed by atoms with Gasteiger partial charge in [-0.25, -0.2) is 0 Å². The van der Waals surface area contributed by atoms with Crippen LogP contribution in [0.25, 0.3) is 0 Å².